The monoisotopic (exact) mass is 669 g/mol. The molecule has 6 heteroatoms. The molecule has 0 N–H and O–H groups in total. The summed E-state index contributed by atoms with van der Waals surface area (Å²) in [5.41, 5.74) is 12.3. The van der Waals surface area contributed by atoms with Gasteiger partial charge in [-0.15, -0.1) is 0 Å². The molecule has 4 heterocycles. The van der Waals surface area contributed by atoms with Crippen LogP contribution >= 0.6 is 0 Å². The van der Waals surface area contributed by atoms with E-state index in [0.717, 1.165) is 85.0 Å². The molecule has 244 valence electrons. The van der Waals surface area contributed by atoms with Crippen LogP contribution in [-0.4, -0.2) is 6.71 Å². The Labute approximate surface area is 300 Å². The molecular formula is C46H28BNO4. The number of hydrogen-bond acceptors (Lipinski definition) is 5. The zero-order valence-electron chi connectivity index (χ0n) is 28.4. The predicted molar refractivity (Wildman–Crippen MR) is 203 cm³/mol. The van der Waals surface area contributed by atoms with E-state index >= 15 is 0 Å². The molecular weight excluding hydrogens is 641 g/mol. The van der Waals surface area contributed by atoms with E-state index in [1.165, 1.54) is 27.8 Å². The molecule has 0 radical (unpaired) electrons. The van der Waals surface area contributed by atoms with Crippen molar-refractivity contribution in [2.45, 2.75) is 24.7 Å². The normalized spacial score (nSPS) is 20.4. The Morgan fingerprint density at radius 1 is 0.442 bits per heavy atom. The molecule has 2 unspecified atom stereocenters. The quantitative estimate of drug-likeness (QED) is 0.151. The fraction of sp³-hybridized carbons (Fsp3) is 0.0870. The molecule has 3 aliphatic carbocycles. The van der Waals surface area contributed by atoms with E-state index in [0.29, 0.717) is 0 Å². The van der Waals surface area contributed by atoms with E-state index in [4.69, 9.17) is 18.9 Å². The number of para-hydroxylation sites is 6. The summed E-state index contributed by atoms with van der Waals surface area (Å²) < 4.78 is 28.1. The first kappa shape index (κ1) is 27.3. The Morgan fingerprint density at radius 2 is 0.923 bits per heavy atom. The van der Waals surface area contributed by atoms with Crippen LogP contribution < -0.4 is 40.2 Å². The van der Waals surface area contributed by atoms with Gasteiger partial charge < -0.3 is 18.9 Å². The van der Waals surface area contributed by atoms with Gasteiger partial charge in [-0.25, -0.2) is 0 Å². The van der Waals surface area contributed by atoms with E-state index in [1.54, 1.807) is 0 Å². The topological polar surface area (TPSA) is 40.2 Å². The van der Waals surface area contributed by atoms with Crippen LogP contribution in [0.5, 0.6) is 46.0 Å². The van der Waals surface area contributed by atoms with E-state index < -0.39 is 10.8 Å². The van der Waals surface area contributed by atoms with Gasteiger partial charge in [0.05, 0.1) is 16.8 Å². The highest BCUT2D eigenvalue weighted by atomic mass is 16.5. The van der Waals surface area contributed by atoms with Gasteiger partial charge in [-0.3, -0.25) is 4.90 Å². The molecule has 0 saturated carbocycles. The van der Waals surface area contributed by atoms with Crippen molar-refractivity contribution >= 4 is 40.2 Å². The number of ether oxygens (including phenoxy) is 4. The number of benzene rings is 7. The molecule has 0 spiro atoms. The average Bonchev–Trinajstić information content (AvgIpc) is 3.19. The van der Waals surface area contributed by atoms with E-state index in [9.17, 15) is 0 Å². The summed E-state index contributed by atoms with van der Waals surface area (Å²) in [4.78, 5) is 2.33. The molecule has 7 aliphatic rings. The lowest BCUT2D eigenvalue weighted by Gasteiger charge is -2.56. The molecule has 0 saturated heterocycles. The largest absolute Gasteiger partial charge is 0.458 e. The van der Waals surface area contributed by atoms with Crippen molar-refractivity contribution in [1.29, 1.82) is 0 Å². The van der Waals surface area contributed by atoms with Crippen molar-refractivity contribution in [2.75, 3.05) is 4.90 Å². The molecule has 0 fully saturated rings. The number of anilines is 3. The second-order valence-electron chi connectivity index (χ2n) is 15.0. The summed E-state index contributed by atoms with van der Waals surface area (Å²) in [7, 11) is 0. The van der Waals surface area contributed by atoms with Crippen LogP contribution in [-0.2, 0) is 10.8 Å². The smallest absolute Gasteiger partial charge is 0.260 e. The van der Waals surface area contributed by atoms with Gasteiger partial charge in [-0.2, -0.15) is 0 Å². The molecule has 14 rings (SSSR count). The lowest BCUT2D eigenvalue weighted by molar-refractivity contribution is 0.403. The predicted octanol–water partition coefficient (Wildman–Crippen LogP) is 9.43. The molecule has 7 aromatic rings. The number of fused-ring (bicyclic) bond motifs is 8. The van der Waals surface area contributed by atoms with Crippen molar-refractivity contribution in [1.82, 2.24) is 0 Å². The molecule has 0 amide bonds. The van der Waals surface area contributed by atoms with Crippen LogP contribution in [0.4, 0.5) is 17.1 Å². The van der Waals surface area contributed by atoms with Crippen molar-refractivity contribution in [3.63, 3.8) is 0 Å². The van der Waals surface area contributed by atoms with Gasteiger partial charge >= 0.3 is 0 Å². The first-order valence-electron chi connectivity index (χ1n) is 18.0. The molecule has 4 aliphatic heterocycles. The Bertz CT molecular complexity index is 2640. The van der Waals surface area contributed by atoms with E-state index in [1.807, 2.05) is 18.2 Å². The molecule has 7 aromatic carbocycles. The zero-order chi connectivity index (χ0) is 34.1. The minimum Gasteiger partial charge on any atom is -0.458 e. The average molecular weight is 670 g/mol. The van der Waals surface area contributed by atoms with Crippen molar-refractivity contribution in [3.05, 3.63) is 167 Å². The third kappa shape index (κ3) is 2.92. The summed E-state index contributed by atoms with van der Waals surface area (Å²) in [6.45, 7) is 4.70. The Hall–Kier alpha value is -6.40. The molecule has 0 aromatic heterocycles. The van der Waals surface area contributed by atoms with Crippen LogP contribution in [0, 0.1) is 0 Å². The van der Waals surface area contributed by atoms with Gasteiger partial charge in [0, 0.05) is 22.0 Å². The Morgan fingerprint density at radius 3 is 1.62 bits per heavy atom. The molecule has 2 bridgehead atoms. The fourth-order valence-electron chi connectivity index (χ4n) is 10.5. The SMILES string of the molecule is CC12c3ccccc3C(C)(c3c1cc1c4c3Oc3ccccc3B4c3ccccc3O1)c1c2cc2c3c1Oc1ccccc1N3c1ccccc1O2. The van der Waals surface area contributed by atoms with Gasteiger partial charge in [-0.05, 0) is 95.6 Å². The fourth-order valence-corrected chi connectivity index (χ4v) is 10.5. The van der Waals surface area contributed by atoms with Gasteiger partial charge in [0.15, 0.2) is 23.0 Å². The maximum absolute atomic E-state index is 7.20. The van der Waals surface area contributed by atoms with Crippen molar-refractivity contribution < 1.29 is 18.9 Å². The summed E-state index contributed by atoms with van der Waals surface area (Å²) in [5.74, 6) is 6.76. The third-order valence-corrected chi connectivity index (χ3v) is 12.6. The maximum Gasteiger partial charge on any atom is 0.260 e. The number of hydrogen-bond donors (Lipinski definition) is 0. The van der Waals surface area contributed by atoms with E-state index in [2.05, 4.69) is 134 Å². The third-order valence-electron chi connectivity index (χ3n) is 12.6. The number of rotatable bonds is 0. The van der Waals surface area contributed by atoms with Gasteiger partial charge in [0.1, 0.15) is 28.7 Å². The van der Waals surface area contributed by atoms with Crippen LogP contribution in [0.1, 0.15) is 47.2 Å². The lowest BCUT2D eigenvalue weighted by Crippen LogP contribution is -2.59. The standard InChI is InChI=1S/C46H28BNO4/c1-45-25-13-3-4-14-26(25)46(2,39-27(45)23-37-41-43(39)51-34-20-10-6-16-30(34)47(41)29-15-5-9-19-33(29)49-37)40-28(45)24-38-42-44(40)52-36-22-12-8-18-32(36)48(42)31-17-7-11-21-35(31)50-38/h3-24H,1-2H3. The van der Waals surface area contributed by atoms with Gasteiger partial charge in [0.25, 0.3) is 6.71 Å². The van der Waals surface area contributed by atoms with Crippen LogP contribution in [0.15, 0.2) is 133 Å². The minimum absolute atomic E-state index is 0.0258. The summed E-state index contributed by atoms with van der Waals surface area (Å²) >= 11 is 0. The van der Waals surface area contributed by atoms with E-state index in [-0.39, 0.29) is 6.71 Å². The second kappa shape index (κ2) is 8.90. The first-order valence-corrected chi connectivity index (χ1v) is 18.0. The highest BCUT2D eigenvalue weighted by Gasteiger charge is 2.61. The van der Waals surface area contributed by atoms with Crippen molar-refractivity contribution in [3.8, 4) is 46.0 Å². The molecule has 52 heavy (non-hydrogen) atoms. The summed E-state index contributed by atoms with van der Waals surface area (Å²) in [5, 5.41) is 0. The van der Waals surface area contributed by atoms with Crippen LogP contribution in [0.2, 0.25) is 0 Å². The second-order valence-corrected chi connectivity index (χ2v) is 15.0. The maximum atomic E-state index is 7.20. The number of nitrogens with zero attached hydrogens (tertiary/aromatic N) is 1. The summed E-state index contributed by atoms with van der Waals surface area (Å²) in [6.07, 6.45) is 0. The highest BCUT2D eigenvalue weighted by Crippen LogP contribution is 2.71. The molecule has 5 nitrogen and oxygen atoms in total. The summed E-state index contributed by atoms with van der Waals surface area (Å²) in [6, 6.07) is 47.0. The Balaban J connectivity index is 1.17. The first-order chi connectivity index (χ1) is 25.5. The Kier molecular flexibility index (Phi) is 4.68. The van der Waals surface area contributed by atoms with Gasteiger partial charge in [-0.1, -0.05) is 84.9 Å². The van der Waals surface area contributed by atoms with Gasteiger partial charge in [0.2, 0.25) is 0 Å². The van der Waals surface area contributed by atoms with Crippen molar-refractivity contribution in [2.24, 2.45) is 0 Å². The highest BCUT2D eigenvalue weighted by molar-refractivity contribution is 6.98. The minimum atomic E-state index is -0.656. The lowest BCUT2D eigenvalue weighted by atomic mass is 9.34. The van der Waals surface area contributed by atoms with Crippen LogP contribution in [0.3, 0.4) is 0 Å². The zero-order valence-corrected chi connectivity index (χ0v) is 28.4. The van der Waals surface area contributed by atoms with Crippen LogP contribution in [0.25, 0.3) is 0 Å². The molecule has 2 atom stereocenters.